The molecule has 3 aromatic carbocycles. The highest BCUT2D eigenvalue weighted by Gasteiger charge is 2.15. The predicted octanol–water partition coefficient (Wildman–Crippen LogP) is 5.94. The summed E-state index contributed by atoms with van der Waals surface area (Å²) in [6.07, 6.45) is 1.75. The third-order valence-electron chi connectivity index (χ3n) is 4.64. The highest BCUT2D eigenvalue weighted by Crippen LogP contribution is 2.30. The molecule has 4 aromatic rings. The van der Waals surface area contributed by atoms with Gasteiger partial charge in [-0.1, -0.05) is 66.4 Å². The average Bonchev–Trinajstić information content (AvgIpc) is 3.16. The molecule has 0 atom stereocenters. The molecule has 0 unspecified atom stereocenters. The maximum Gasteiger partial charge on any atom is 0.270 e. The Bertz CT molecular complexity index is 1160. The minimum Gasteiger partial charge on any atom is -0.314 e. The molecule has 30 heavy (non-hydrogen) atoms. The Balaban J connectivity index is 1.68. The first-order valence-electron chi connectivity index (χ1n) is 9.31. The molecule has 1 heterocycles. The van der Waals surface area contributed by atoms with Gasteiger partial charge in [-0.3, -0.25) is 10.1 Å². The molecule has 1 aromatic heterocycles. The fraction of sp³-hybridized carbons (Fsp3) is 0.0870. The minimum absolute atomic E-state index is 0.0421. The Labute approximate surface area is 177 Å². The van der Waals surface area contributed by atoms with Crippen molar-refractivity contribution in [2.45, 2.75) is 17.5 Å². The van der Waals surface area contributed by atoms with Crippen molar-refractivity contribution >= 4 is 17.4 Å². The van der Waals surface area contributed by atoms with Gasteiger partial charge in [0.25, 0.3) is 5.69 Å². The van der Waals surface area contributed by atoms with Crippen LogP contribution < -0.4 is 0 Å². The van der Waals surface area contributed by atoms with E-state index < -0.39 is 4.92 Å². The highest BCUT2D eigenvalue weighted by atomic mass is 32.2. The Hall–Kier alpha value is -3.45. The Morgan fingerprint density at radius 1 is 0.967 bits per heavy atom. The Kier molecular flexibility index (Phi) is 5.90. The summed E-state index contributed by atoms with van der Waals surface area (Å²) in [6, 6.07) is 23.0. The normalized spacial score (nSPS) is 10.8. The summed E-state index contributed by atoms with van der Waals surface area (Å²) < 4.78 is 15.2. The average molecular weight is 419 g/mol. The van der Waals surface area contributed by atoms with Gasteiger partial charge in [0.15, 0.2) is 5.16 Å². The molecule has 5 nitrogen and oxygen atoms in total. The van der Waals surface area contributed by atoms with E-state index in [-0.39, 0.29) is 11.5 Å². The summed E-state index contributed by atoms with van der Waals surface area (Å²) in [5, 5.41) is 12.0. The van der Waals surface area contributed by atoms with Gasteiger partial charge in [-0.15, -0.1) is 0 Å². The largest absolute Gasteiger partial charge is 0.314 e. The van der Waals surface area contributed by atoms with Gasteiger partial charge in [-0.05, 0) is 23.3 Å². The maximum atomic E-state index is 13.2. The molecule has 0 saturated carbocycles. The molecule has 0 amide bonds. The van der Waals surface area contributed by atoms with E-state index in [1.54, 1.807) is 42.2 Å². The number of rotatable bonds is 7. The number of nitrogens with zero attached hydrogens (tertiary/aromatic N) is 3. The number of non-ortho nitro benzene ring substituents is 1. The van der Waals surface area contributed by atoms with E-state index in [0.29, 0.717) is 12.3 Å². The van der Waals surface area contributed by atoms with Crippen molar-refractivity contribution < 1.29 is 9.31 Å². The molecule has 7 heteroatoms. The molecule has 0 aliphatic carbocycles. The summed E-state index contributed by atoms with van der Waals surface area (Å²) in [6.45, 7) is 0.588. The van der Waals surface area contributed by atoms with E-state index in [2.05, 4.69) is 9.55 Å². The van der Waals surface area contributed by atoms with Crippen LogP contribution in [0.2, 0.25) is 0 Å². The van der Waals surface area contributed by atoms with E-state index in [1.807, 2.05) is 36.4 Å². The van der Waals surface area contributed by atoms with E-state index >= 15 is 0 Å². The van der Waals surface area contributed by atoms with Gasteiger partial charge in [-0.2, -0.15) is 0 Å². The number of nitro benzene ring substituents is 1. The lowest BCUT2D eigenvalue weighted by molar-refractivity contribution is -0.384. The third kappa shape index (κ3) is 4.58. The van der Waals surface area contributed by atoms with Crippen molar-refractivity contribution in [1.82, 2.24) is 9.55 Å². The summed E-state index contributed by atoms with van der Waals surface area (Å²) in [7, 11) is 0. The number of aromatic nitrogens is 2. The minimum atomic E-state index is -0.397. The molecule has 0 aliphatic heterocycles. The van der Waals surface area contributed by atoms with Gasteiger partial charge in [-0.25, -0.2) is 9.37 Å². The first-order chi connectivity index (χ1) is 14.6. The molecule has 0 N–H and O–H groups in total. The van der Waals surface area contributed by atoms with Crippen LogP contribution in [0.1, 0.15) is 11.1 Å². The first kappa shape index (κ1) is 19.8. The topological polar surface area (TPSA) is 61.0 Å². The van der Waals surface area contributed by atoms with Crippen molar-refractivity contribution in [2.75, 3.05) is 0 Å². The Morgan fingerprint density at radius 2 is 1.73 bits per heavy atom. The lowest BCUT2D eigenvalue weighted by Crippen LogP contribution is -2.04. The predicted molar refractivity (Wildman–Crippen MR) is 116 cm³/mol. The van der Waals surface area contributed by atoms with Crippen LogP contribution in [-0.2, 0) is 12.3 Å². The molecule has 0 radical (unpaired) electrons. The van der Waals surface area contributed by atoms with Gasteiger partial charge in [0, 0.05) is 23.4 Å². The smallest absolute Gasteiger partial charge is 0.270 e. The quantitative estimate of drug-likeness (QED) is 0.211. The standard InChI is InChI=1S/C23H18FN3O2S/c24-20-11-9-18(10-12-20)16-30-23-25-14-22(19-7-4-8-21(13-19)27(28)29)26(23)15-17-5-2-1-3-6-17/h1-14H,15-16H2. The van der Waals surface area contributed by atoms with Gasteiger partial charge in [0.05, 0.1) is 23.4 Å². The summed E-state index contributed by atoms with van der Waals surface area (Å²) in [4.78, 5) is 15.4. The molecule has 150 valence electrons. The molecular formula is C23H18FN3O2S. The summed E-state index contributed by atoms with van der Waals surface area (Å²) in [5.41, 5.74) is 3.68. The van der Waals surface area contributed by atoms with Crippen molar-refractivity contribution in [3.63, 3.8) is 0 Å². The number of hydrogen-bond donors (Lipinski definition) is 0. The van der Waals surface area contributed by atoms with Crippen LogP contribution in [0, 0.1) is 15.9 Å². The van der Waals surface area contributed by atoms with Crippen molar-refractivity contribution in [3.05, 3.63) is 112 Å². The second-order valence-electron chi connectivity index (χ2n) is 6.72. The zero-order chi connectivity index (χ0) is 20.9. The number of nitro groups is 1. The van der Waals surface area contributed by atoms with Crippen molar-refractivity contribution in [3.8, 4) is 11.3 Å². The number of imidazole rings is 1. The van der Waals surface area contributed by atoms with Crippen LogP contribution in [0.5, 0.6) is 0 Å². The van der Waals surface area contributed by atoms with Crippen LogP contribution in [0.4, 0.5) is 10.1 Å². The number of benzene rings is 3. The highest BCUT2D eigenvalue weighted by molar-refractivity contribution is 7.98. The van der Waals surface area contributed by atoms with Gasteiger partial charge in [0.2, 0.25) is 0 Å². The number of hydrogen-bond acceptors (Lipinski definition) is 4. The van der Waals surface area contributed by atoms with Crippen LogP contribution in [0.15, 0.2) is 90.2 Å². The first-order valence-corrected chi connectivity index (χ1v) is 10.3. The van der Waals surface area contributed by atoms with E-state index in [4.69, 9.17) is 0 Å². The van der Waals surface area contributed by atoms with Gasteiger partial charge >= 0.3 is 0 Å². The van der Waals surface area contributed by atoms with Crippen molar-refractivity contribution in [1.29, 1.82) is 0 Å². The Morgan fingerprint density at radius 3 is 2.47 bits per heavy atom. The van der Waals surface area contributed by atoms with E-state index in [1.165, 1.54) is 18.2 Å². The fourth-order valence-electron chi connectivity index (χ4n) is 3.13. The molecule has 0 fully saturated rings. The molecular weight excluding hydrogens is 401 g/mol. The summed E-state index contributed by atoms with van der Waals surface area (Å²) >= 11 is 1.55. The second-order valence-corrected chi connectivity index (χ2v) is 7.66. The lowest BCUT2D eigenvalue weighted by Gasteiger charge is -2.12. The molecule has 0 saturated heterocycles. The number of halogens is 1. The fourth-order valence-corrected chi connectivity index (χ4v) is 4.06. The second kappa shape index (κ2) is 8.92. The zero-order valence-corrected chi connectivity index (χ0v) is 16.8. The SMILES string of the molecule is O=[N+]([O-])c1cccc(-c2cnc(SCc3ccc(F)cc3)n2Cc2ccccc2)c1. The van der Waals surface area contributed by atoms with Crippen LogP contribution in [-0.4, -0.2) is 14.5 Å². The molecule has 0 bridgehead atoms. The summed E-state index contributed by atoms with van der Waals surface area (Å²) in [5.74, 6) is 0.378. The van der Waals surface area contributed by atoms with Crippen molar-refractivity contribution in [2.24, 2.45) is 0 Å². The van der Waals surface area contributed by atoms with Crippen LogP contribution in [0.3, 0.4) is 0 Å². The van der Waals surface area contributed by atoms with Crippen LogP contribution in [0.25, 0.3) is 11.3 Å². The third-order valence-corrected chi connectivity index (χ3v) is 5.70. The maximum absolute atomic E-state index is 13.2. The van der Waals surface area contributed by atoms with Gasteiger partial charge < -0.3 is 4.57 Å². The van der Waals surface area contributed by atoms with E-state index in [9.17, 15) is 14.5 Å². The molecule has 0 spiro atoms. The lowest BCUT2D eigenvalue weighted by atomic mass is 10.1. The monoisotopic (exact) mass is 419 g/mol. The molecule has 0 aliphatic rings. The zero-order valence-electron chi connectivity index (χ0n) is 15.9. The number of thioether (sulfide) groups is 1. The van der Waals surface area contributed by atoms with Crippen LogP contribution >= 0.6 is 11.8 Å². The van der Waals surface area contributed by atoms with Gasteiger partial charge in [0.1, 0.15) is 5.82 Å². The van der Waals surface area contributed by atoms with E-state index in [0.717, 1.165) is 27.5 Å². The molecule has 4 rings (SSSR count).